The van der Waals surface area contributed by atoms with Gasteiger partial charge in [0.1, 0.15) is 9.96 Å². The summed E-state index contributed by atoms with van der Waals surface area (Å²) in [4.78, 5) is 24.2. The number of ether oxygens (including phenoxy) is 1. The fraction of sp³-hybridized carbons (Fsp3) is 0.368. The Balaban J connectivity index is 1.53. The van der Waals surface area contributed by atoms with E-state index in [0.29, 0.717) is 25.1 Å². The summed E-state index contributed by atoms with van der Waals surface area (Å²) in [6.45, 7) is 0.644. The van der Waals surface area contributed by atoms with Crippen molar-refractivity contribution in [3.8, 4) is 5.75 Å². The Morgan fingerprint density at radius 2 is 1.93 bits per heavy atom. The van der Waals surface area contributed by atoms with Crippen molar-refractivity contribution in [1.29, 1.82) is 0 Å². The summed E-state index contributed by atoms with van der Waals surface area (Å²) in [5.74, 6) is -0.949. The van der Waals surface area contributed by atoms with Crippen LogP contribution in [0.3, 0.4) is 0 Å². The third-order valence-corrected chi connectivity index (χ3v) is 8.04. The number of rotatable bonds is 7. The molecular formula is C19H23N3O5S2. The number of benzene rings is 1. The number of thiophene rings is 1. The molecule has 1 aliphatic rings. The van der Waals surface area contributed by atoms with Crippen molar-refractivity contribution in [2.45, 2.75) is 29.6 Å². The van der Waals surface area contributed by atoms with E-state index in [9.17, 15) is 18.0 Å². The molecule has 0 radical (unpaired) electrons. The Kier molecular flexibility index (Phi) is 6.88. The summed E-state index contributed by atoms with van der Waals surface area (Å²) in [7, 11) is -2.05. The Bertz CT molecular complexity index is 960. The van der Waals surface area contributed by atoms with Crippen LogP contribution in [0, 0.1) is 0 Å². The topological polar surface area (TPSA) is 105 Å². The van der Waals surface area contributed by atoms with Crippen LogP contribution in [0.2, 0.25) is 0 Å². The highest BCUT2D eigenvalue weighted by Crippen LogP contribution is 2.28. The normalized spacial score (nSPS) is 17.1. The fourth-order valence-corrected chi connectivity index (χ4v) is 6.06. The van der Waals surface area contributed by atoms with Gasteiger partial charge in [-0.3, -0.25) is 9.59 Å². The molecule has 0 saturated carbocycles. The van der Waals surface area contributed by atoms with Crippen LogP contribution in [-0.2, 0) is 26.2 Å². The lowest BCUT2D eigenvalue weighted by Crippen LogP contribution is -2.46. The van der Waals surface area contributed by atoms with Crippen LogP contribution in [0.15, 0.2) is 46.0 Å². The highest BCUT2D eigenvalue weighted by molar-refractivity contribution is 7.91. The predicted molar refractivity (Wildman–Crippen MR) is 109 cm³/mol. The lowest BCUT2D eigenvalue weighted by Gasteiger charge is -2.23. The van der Waals surface area contributed by atoms with Crippen LogP contribution < -0.4 is 15.4 Å². The molecule has 29 heavy (non-hydrogen) atoms. The van der Waals surface area contributed by atoms with Crippen LogP contribution in [0.5, 0.6) is 5.75 Å². The highest BCUT2D eigenvalue weighted by atomic mass is 32.2. The van der Waals surface area contributed by atoms with E-state index in [4.69, 9.17) is 4.74 Å². The molecule has 1 fully saturated rings. The molecule has 2 amide bonds. The van der Waals surface area contributed by atoms with E-state index in [-0.39, 0.29) is 23.3 Å². The molecule has 156 valence electrons. The van der Waals surface area contributed by atoms with Gasteiger partial charge in [0.15, 0.2) is 0 Å². The van der Waals surface area contributed by atoms with Crippen LogP contribution in [0.25, 0.3) is 0 Å². The van der Waals surface area contributed by atoms with Gasteiger partial charge in [0.25, 0.3) is 10.0 Å². The van der Waals surface area contributed by atoms with Crippen molar-refractivity contribution in [3.63, 3.8) is 0 Å². The van der Waals surface area contributed by atoms with Gasteiger partial charge in [0.2, 0.25) is 0 Å². The molecule has 10 heteroatoms. The minimum Gasteiger partial charge on any atom is -0.496 e. The molecular weight excluding hydrogens is 414 g/mol. The first-order valence-corrected chi connectivity index (χ1v) is 11.5. The van der Waals surface area contributed by atoms with Crippen molar-refractivity contribution >= 4 is 33.2 Å². The Hall–Kier alpha value is -2.43. The summed E-state index contributed by atoms with van der Waals surface area (Å²) >= 11 is 1.16. The first kappa shape index (κ1) is 21.3. The lowest BCUT2D eigenvalue weighted by molar-refractivity contribution is -0.139. The molecule has 3 rings (SSSR count). The number of nitrogens with one attached hydrogen (secondary N) is 2. The molecule has 0 unspecified atom stereocenters. The van der Waals surface area contributed by atoms with Crippen LogP contribution in [0.4, 0.5) is 0 Å². The Morgan fingerprint density at radius 3 is 2.66 bits per heavy atom. The first-order valence-electron chi connectivity index (χ1n) is 9.16. The molecule has 8 nitrogen and oxygen atoms in total. The van der Waals surface area contributed by atoms with E-state index in [2.05, 4.69) is 10.6 Å². The third-order valence-electron chi connectivity index (χ3n) is 4.72. The number of nitrogens with zero attached hydrogens (tertiary/aromatic N) is 1. The average Bonchev–Trinajstić information content (AvgIpc) is 3.43. The fourth-order valence-electron chi connectivity index (χ4n) is 3.25. The van der Waals surface area contributed by atoms with Gasteiger partial charge in [0, 0.05) is 31.2 Å². The van der Waals surface area contributed by atoms with Gasteiger partial charge in [-0.25, -0.2) is 8.42 Å². The molecule has 1 aromatic heterocycles. The zero-order valence-corrected chi connectivity index (χ0v) is 17.6. The summed E-state index contributed by atoms with van der Waals surface area (Å²) < 4.78 is 32.4. The summed E-state index contributed by atoms with van der Waals surface area (Å²) in [5.41, 5.74) is 0.750. The van der Waals surface area contributed by atoms with Crippen LogP contribution >= 0.6 is 11.3 Å². The zero-order valence-electron chi connectivity index (χ0n) is 16.0. The van der Waals surface area contributed by atoms with Crippen molar-refractivity contribution in [3.05, 3.63) is 47.3 Å². The standard InChI is InChI=1S/C19H23N3O5S2/c1-27-16-8-3-2-6-14(16)12-20-18(23)19(24)21-13-15-7-4-10-22(15)29(25,26)17-9-5-11-28-17/h2-3,5-6,8-9,11,15H,4,7,10,12-13H2,1H3,(H,20,23)(H,21,24)/t15-/m1/s1. The number of hydrogen-bond acceptors (Lipinski definition) is 6. The van der Waals surface area contributed by atoms with Crippen molar-refractivity contribution < 1.29 is 22.7 Å². The lowest BCUT2D eigenvalue weighted by atomic mass is 10.2. The van der Waals surface area contributed by atoms with Crippen molar-refractivity contribution in [1.82, 2.24) is 14.9 Å². The number of para-hydroxylation sites is 1. The Morgan fingerprint density at radius 1 is 1.17 bits per heavy atom. The Labute approximate surface area is 173 Å². The second-order valence-electron chi connectivity index (χ2n) is 6.55. The molecule has 1 atom stereocenters. The van der Waals surface area contributed by atoms with Gasteiger partial charge in [-0.1, -0.05) is 24.3 Å². The number of amides is 2. The molecule has 2 N–H and O–H groups in total. The molecule has 0 bridgehead atoms. The minimum atomic E-state index is -3.58. The van der Waals surface area contributed by atoms with Gasteiger partial charge in [-0.15, -0.1) is 11.3 Å². The van der Waals surface area contributed by atoms with E-state index in [1.807, 2.05) is 12.1 Å². The molecule has 0 spiro atoms. The van der Waals surface area contributed by atoms with Gasteiger partial charge >= 0.3 is 11.8 Å². The van der Waals surface area contributed by atoms with E-state index in [1.165, 1.54) is 11.4 Å². The smallest absolute Gasteiger partial charge is 0.309 e. The van der Waals surface area contributed by atoms with E-state index >= 15 is 0 Å². The second-order valence-corrected chi connectivity index (χ2v) is 9.61. The molecule has 2 aromatic rings. The summed E-state index contributed by atoms with van der Waals surface area (Å²) in [5, 5.41) is 6.82. The molecule has 1 aromatic carbocycles. The largest absolute Gasteiger partial charge is 0.496 e. The number of carbonyl (C=O) groups is 2. The van der Waals surface area contributed by atoms with Crippen LogP contribution in [0.1, 0.15) is 18.4 Å². The van der Waals surface area contributed by atoms with Crippen molar-refractivity contribution in [2.24, 2.45) is 0 Å². The maximum absolute atomic E-state index is 12.7. The summed E-state index contributed by atoms with van der Waals surface area (Å²) in [6, 6.07) is 10.1. The van der Waals surface area contributed by atoms with Gasteiger partial charge in [-0.2, -0.15) is 4.31 Å². The van der Waals surface area contributed by atoms with Crippen molar-refractivity contribution in [2.75, 3.05) is 20.2 Å². The number of methoxy groups -OCH3 is 1. The molecule has 2 heterocycles. The van der Waals surface area contributed by atoms with Crippen LogP contribution in [-0.4, -0.2) is 50.8 Å². The number of carbonyl (C=O) groups excluding carboxylic acids is 2. The number of hydrogen-bond donors (Lipinski definition) is 2. The SMILES string of the molecule is COc1ccccc1CNC(=O)C(=O)NC[C@H]1CCCN1S(=O)(=O)c1cccs1. The average molecular weight is 438 g/mol. The van der Waals surface area contributed by atoms with E-state index < -0.39 is 21.8 Å². The highest BCUT2D eigenvalue weighted by Gasteiger charge is 2.36. The molecule has 0 aliphatic carbocycles. The van der Waals surface area contributed by atoms with Gasteiger partial charge < -0.3 is 15.4 Å². The maximum Gasteiger partial charge on any atom is 0.309 e. The third kappa shape index (κ3) is 4.95. The zero-order chi connectivity index (χ0) is 20.9. The molecule has 1 aliphatic heterocycles. The predicted octanol–water partition coefficient (Wildman–Crippen LogP) is 1.34. The minimum absolute atomic E-state index is 0.0888. The monoisotopic (exact) mass is 437 g/mol. The van der Waals surface area contributed by atoms with E-state index in [0.717, 1.165) is 16.9 Å². The van der Waals surface area contributed by atoms with Gasteiger partial charge in [0.05, 0.1) is 7.11 Å². The molecule has 1 saturated heterocycles. The van der Waals surface area contributed by atoms with E-state index in [1.54, 1.807) is 29.6 Å². The quantitative estimate of drug-likeness (QED) is 0.636. The number of sulfonamides is 1. The summed E-state index contributed by atoms with van der Waals surface area (Å²) in [6.07, 6.45) is 1.35. The maximum atomic E-state index is 12.7. The van der Waals surface area contributed by atoms with Gasteiger partial charge in [-0.05, 0) is 30.4 Å². The second kappa shape index (κ2) is 9.38. The first-order chi connectivity index (χ1) is 13.9.